The maximum absolute atomic E-state index is 12.8. The lowest BCUT2D eigenvalue weighted by Gasteiger charge is -2.18. The fraction of sp³-hybridized carbons (Fsp3) is 0.154. The summed E-state index contributed by atoms with van der Waals surface area (Å²) in [4.78, 5) is 12.7. The summed E-state index contributed by atoms with van der Waals surface area (Å²) in [6.45, 7) is 0.379. The van der Waals surface area contributed by atoms with Crippen LogP contribution in [0.4, 0.5) is 10.1 Å². The molecule has 0 radical (unpaired) electrons. The highest BCUT2D eigenvalue weighted by molar-refractivity contribution is 5.86. The molecule has 1 heterocycles. The van der Waals surface area contributed by atoms with Crippen LogP contribution < -0.4 is 4.90 Å². The quantitative estimate of drug-likeness (QED) is 0.905. The minimum absolute atomic E-state index is 0.0658. The Morgan fingerprint density at radius 2 is 2.00 bits per heavy atom. The molecule has 0 fully saturated rings. The second-order valence-corrected chi connectivity index (χ2v) is 3.91. The number of nitrogens with zero attached hydrogens (tertiary/aromatic N) is 1. The van der Waals surface area contributed by atoms with Gasteiger partial charge in [0.1, 0.15) is 5.82 Å². The van der Waals surface area contributed by atoms with Crippen LogP contribution >= 0.6 is 0 Å². The van der Waals surface area contributed by atoms with Crippen molar-refractivity contribution in [2.75, 3.05) is 11.9 Å². The van der Waals surface area contributed by atoms with Gasteiger partial charge in [0.15, 0.2) is 0 Å². The van der Waals surface area contributed by atoms with E-state index in [1.54, 1.807) is 25.2 Å². The topological polar surface area (TPSA) is 53.7 Å². The number of carboxylic acid groups (broad SMARTS) is 1. The number of rotatable bonds is 4. The molecule has 0 amide bonds. The summed E-state index contributed by atoms with van der Waals surface area (Å²) in [6, 6.07) is 7.60. The fourth-order valence-electron chi connectivity index (χ4n) is 1.69. The molecule has 0 saturated heterocycles. The summed E-state index contributed by atoms with van der Waals surface area (Å²) in [5.74, 6) is -1.46. The van der Waals surface area contributed by atoms with E-state index in [1.807, 2.05) is 4.90 Å². The summed E-state index contributed by atoms with van der Waals surface area (Å²) >= 11 is 0. The van der Waals surface area contributed by atoms with Gasteiger partial charge in [-0.1, -0.05) is 0 Å². The van der Waals surface area contributed by atoms with Crippen molar-refractivity contribution in [1.29, 1.82) is 0 Å². The zero-order valence-electron chi connectivity index (χ0n) is 9.76. The third kappa shape index (κ3) is 2.51. The van der Waals surface area contributed by atoms with Crippen LogP contribution in [0.2, 0.25) is 0 Å². The van der Waals surface area contributed by atoms with E-state index in [4.69, 9.17) is 9.52 Å². The van der Waals surface area contributed by atoms with Crippen molar-refractivity contribution in [3.63, 3.8) is 0 Å². The zero-order chi connectivity index (χ0) is 13.1. The molecular weight excluding hydrogens is 237 g/mol. The number of carbonyl (C=O) groups is 1. The second-order valence-electron chi connectivity index (χ2n) is 3.91. The number of halogens is 1. The van der Waals surface area contributed by atoms with E-state index in [1.165, 1.54) is 18.4 Å². The van der Waals surface area contributed by atoms with Gasteiger partial charge in [-0.15, -0.1) is 0 Å². The van der Waals surface area contributed by atoms with E-state index in [9.17, 15) is 9.18 Å². The molecule has 1 aromatic heterocycles. The van der Waals surface area contributed by atoms with E-state index < -0.39 is 5.97 Å². The first-order chi connectivity index (χ1) is 8.58. The van der Waals surface area contributed by atoms with Gasteiger partial charge in [-0.3, -0.25) is 0 Å². The molecule has 4 nitrogen and oxygen atoms in total. The third-order valence-electron chi connectivity index (χ3n) is 2.62. The summed E-state index contributed by atoms with van der Waals surface area (Å²) in [5, 5.41) is 8.91. The molecule has 5 heteroatoms. The molecule has 1 N–H and O–H groups in total. The van der Waals surface area contributed by atoms with E-state index in [2.05, 4.69) is 0 Å². The summed E-state index contributed by atoms with van der Waals surface area (Å²) in [6.07, 6.45) is 1.34. The predicted molar refractivity (Wildman–Crippen MR) is 64.2 cm³/mol. The number of aromatic carboxylic acids is 1. The van der Waals surface area contributed by atoms with Crippen molar-refractivity contribution >= 4 is 11.7 Å². The molecule has 18 heavy (non-hydrogen) atoms. The Kier molecular flexibility index (Phi) is 3.32. The number of hydrogen-bond acceptors (Lipinski definition) is 3. The Labute approximate surface area is 103 Å². The first-order valence-corrected chi connectivity index (χ1v) is 5.34. The molecule has 1 aromatic carbocycles. The van der Waals surface area contributed by atoms with Crippen LogP contribution in [-0.4, -0.2) is 18.1 Å². The lowest BCUT2D eigenvalue weighted by molar-refractivity contribution is 0.0661. The predicted octanol–water partition coefficient (Wildman–Crippen LogP) is 2.75. The van der Waals surface area contributed by atoms with E-state index in [0.29, 0.717) is 12.1 Å². The van der Waals surface area contributed by atoms with Crippen LogP contribution in [-0.2, 0) is 6.54 Å². The monoisotopic (exact) mass is 249 g/mol. The van der Waals surface area contributed by atoms with Crippen LogP contribution in [0, 0.1) is 5.82 Å². The van der Waals surface area contributed by atoms with Crippen LogP contribution in [0.3, 0.4) is 0 Å². The normalized spacial score (nSPS) is 10.3. The van der Waals surface area contributed by atoms with Crippen LogP contribution in [0.15, 0.2) is 41.0 Å². The van der Waals surface area contributed by atoms with Crippen molar-refractivity contribution in [3.8, 4) is 0 Å². The number of benzene rings is 1. The molecule has 2 aromatic rings. The molecule has 2 rings (SSSR count). The highest BCUT2D eigenvalue weighted by atomic mass is 19.1. The molecule has 0 bridgehead atoms. The molecule has 0 aliphatic heterocycles. The summed E-state index contributed by atoms with van der Waals surface area (Å²) in [7, 11) is 1.80. The number of carboxylic acids is 1. The van der Waals surface area contributed by atoms with Gasteiger partial charge in [0.05, 0.1) is 6.26 Å². The van der Waals surface area contributed by atoms with Crippen molar-refractivity contribution in [3.05, 3.63) is 53.7 Å². The van der Waals surface area contributed by atoms with Gasteiger partial charge in [-0.05, 0) is 30.3 Å². The minimum atomic E-state index is -1.09. The molecule has 0 spiro atoms. The maximum atomic E-state index is 12.8. The van der Waals surface area contributed by atoms with Gasteiger partial charge in [0.25, 0.3) is 0 Å². The van der Waals surface area contributed by atoms with E-state index in [-0.39, 0.29) is 11.6 Å². The highest BCUT2D eigenvalue weighted by Gasteiger charge is 2.15. The van der Waals surface area contributed by atoms with Gasteiger partial charge in [-0.2, -0.15) is 0 Å². The number of hydrogen-bond donors (Lipinski definition) is 1. The van der Waals surface area contributed by atoms with Crippen molar-refractivity contribution in [2.45, 2.75) is 6.54 Å². The average molecular weight is 249 g/mol. The smallest absolute Gasteiger partial charge is 0.372 e. The Bertz CT molecular complexity index is 548. The maximum Gasteiger partial charge on any atom is 0.372 e. The molecule has 0 aliphatic carbocycles. The van der Waals surface area contributed by atoms with Crippen LogP contribution in [0.1, 0.15) is 16.1 Å². The van der Waals surface area contributed by atoms with Gasteiger partial charge in [0.2, 0.25) is 5.76 Å². The van der Waals surface area contributed by atoms with Crippen molar-refractivity contribution in [2.24, 2.45) is 0 Å². The second kappa shape index (κ2) is 4.91. The van der Waals surface area contributed by atoms with Gasteiger partial charge >= 0.3 is 5.97 Å². The molecule has 0 unspecified atom stereocenters. The Morgan fingerprint density at radius 3 is 2.61 bits per heavy atom. The highest BCUT2D eigenvalue weighted by Crippen LogP contribution is 2.18. The lowest BCUT2D eigenvalue weighted by atomic mass is 10.2. The lowest BCUT2D eigenvalue weighted by Crippen LogP contribution is -2.17. The van der Waals surface area contributed by atoms with Crippen molar-refractivity contribution in [1.82, 2.24) is 0 Å². The molecule has 0 saturated carbocycles. The first kappa shape index (κ1) is 12.2. The number of anilines is 1. The Morgan fingerprint density at radius 1 is 1.33 bits per heavy atom. The van der Waals surface area contributed by atoms with Gasteiger partial charge in [0, 0.05) is 24.8 Å². The van der Waals surface area contributed by atoms with Gasteiger partial charge in [-0.25, -0.2) is 9.18 Å². The summed E-state index contributed by atoms with van der Waals surface area (Å²) in [5.41, 5.74) is 1.38. The Balaban J connectivity index is 2.16. The van der Waals surface area contributed by atoms with E-state index >= 15 is 0 Å². The molecule has 94 valence electrons. The Hall–Kier alpha value is -2.30. The van der Waals surface area contributed by atoms with Crippen LogP contribution in [0.5, 0.6) is 0 Å². The molecule has 0 aliphatic rings. The SMILES string of the molecule is CN(Cc1ccoc1C(=O)O)c1ccc(F)cc1. The standard InChI is InChI=1S/C13H12FNO3/c1-15(11-4-2-10(14)3-5-11)8-9-6-7-18-12(9)13(16)17/h2-7H,8H2,1H3,(H,16,17). The zero-order valence-corrected chi connectivity index (χ0v) is 9.76. The minimum Gasteiger partial charge on any atom is -0.475 e. The number of furan rings is 1. The third-order valence-corrected chi connectivity index (χ3v) is 2.62. The molecule has 0 atom stereocenters. The van der Waals surface area contributed by atoms with Gasteiger partial charge < -0.3 is 14.4 Å². The summed E-state index contributed by atoms with van der Waals surface area (Å²) < 4.78 is 17.7. The molecular formula is C13H12FNO3. The average Bonchev–Trinajstić information content (AvgIpc) is 2.78. The van der Waals surface area contributed by atoms with Crippen LogP contribution in [0.25, 0.3) is 0 Å². The van der Waals surface area contributed by atoms with E-state index in [0.717, 1.165) is 5.69 Å². The first-order valence-electron chi connectivity index (χ1n) is 5.34. The fourth-order valence-corrected chi connectivity index (χ4v) is 1.69. The largest absolute Gasteiger partial charge is 0.475 e. The van der Waals surface area contributed by atoms with Crippen molar-refractivity contribution < 1.29 is 18.7 Å².